The van der Waals surface area contributed by atoms with Crippen molar-refractivity contribution < 1.29 is 28.5 Å². The Hall–Kier alpha value is -0.170. The average molecular weight is 350 g/mol. The third-order valence-electron chi connectivity index (χ3n) is 4.05. The highest BCUT2D eigenvalue weighted by Gasteiger charge is 2.74. The van der Waals surface area contributed by atoms with Gasteiger partial charge in [-0.05, 0) is 38.5 Å². The first kappa shape index (κ1) is 20.9. The van der Waals surface area contributed by atoms with Crippen molar-refractivity contribution in [2.45, 2.75) is 87.0 Å². The fraction of sp³-hybridized carbons (Fsp3) is 0.882. The third-order valence-corrected chi connectivity index (χ3v) is 4.46. The Morgan fingerprint density at radius 1 is 0.826 bits per heavy atom. The summed E-state index contributed by atoms with van der Waals surface area (Å²) in [6, 6.07) is 0.0355. The summed E-state index contributed by atoms with van der Waals surface area (Å²) in [6.45, 7) is 20.1. The maximum Gasteiger partial charge on any atom is 0.323 e. The van der Waals surface area contributed by atoms with E-state index >= 15 is 0 Å². The molecular weight excluding hydrogens is 318 g/mol. The first-order valence-corrected chi connectivity index (χ1v) is 9.36. The van der Waals surface area contributed by atoms with E-state index in [-0.39, 0.29) is 22.9 Å². The molecule has 0 aliphatic heterocycles. The molecule has 0 amide bonds. The molecule has 0 saturated carbocycles. The zero-order valence-electron chi connectivity index (χ0n) is 16.1. The molecule has 0 aromatic rings. The van der Waals surface area contributed by atoms with Crippen LogP contribution >= 0.6 is 0 Å². The van der Waals surface area contributed by atoms with Crippen LogP contribution in [0.15, 0.2) is 11.1 Å². The van der Waals surface area contributed by atoms with Gasteiger partial charge in [-0.2, -0.15) is 14.0 Å². The van der Waals surface area contributed by atoms with Crippen molar-refractivity contribution in [3.05, 3.63) is 11.1 Å². The van der Waals surface area contributed by atoms with Gasteiger partial charge >= 0.3 is 5.72 Å². The van der Waals surface area contributed by atoms with E-state index in [1.165, 1.54) is 0 Å². The molecule has 0 atom stereocenters. The van der Waals surface area contributed by atoms with Crippen LogP contribution in [0.25, 0.3) is 0 Å². The second-order valence-corrected chi connectivity index (χ2v) is 9.85. The van der Waals surface area contributed by atoms with Crippen molar-refractivity contribution in [1.29, 1.82) is 0 Å². The molecule has 5 nitrogen and oxygen atoms in total. The molecule has 136 valence electrons. The lowest BCUT2D eigenvalue weighted by Crippen LogP contribution is -2.67. The van der Waals surface area contributed by atoms with Crippen molar-refractivity contribution >= 4 is 0 Å². The standard InChI is InChI=1S/C17H32ClNO4/c1-11(2)19(12(3)4)17(23-18(20,21)22)13(15(5,6)7)14(17)16(8,9)10/h11-12H,1-10H3. The lowest BCUT2D eigenvalue weighted by Gasteiger charge is -2.39. The van der Waals surface area contributed by atoms with Crippen LogP contribution in [0, 0.1) is 21.1 Å². The molecule has 0 saturated heterocycles. The average Bonchev–Trinajstić information content (AvgIpc) is 2.81. The molecule has 0 unspecified atom stereocenters. The monoisotopic (exact) mass is 349 g/mol. The Morgan fingerprint density at radius 3 is 1.30 bits per heavy atom. The summed E-state index contributed by atoms with van der Waals surface area (Å²) in [6.07, 6.45) is 0. The van der Waals surface area contributed by atoms with Crippen molar-refractivity contribution in [3.8, 4) is 0 Å². The van der Waals surface area contributed by atoms with Crippen LogP contribution in [-0.4, -0.2) is 22.7 Å². The Balaban J connectivity index is 3.57. The minimum absolute atomic E-state index is 0.0177. The number of rotatable bonds is 5. The summed E-state index contributed by atoms with van der Waals surface area (Å²) in [5, 5.41) is 0. The first-order valence-electron chi connectivity index (χ1n) is 8.12. The minimum Gasteiger partial charge on any atom is -0.250 e. The Labute approximate surface area is 143 Å². The normalized spacial score (nSPS) is 19.3. The molecule has 23 heavy (non-hydrogen) atoms. The van der Waals surface area contributed by atoms with E-state index in [0.29, 0.717) is 0 Å². The highest BCUT2D eigenvalue weighted by atomic mass is 35.7. The molecule has 0 aromatic heterocycles. The fourth-order valence-electron chi connectivity index (χ4n) is 3.86. The van der Waals surface area contributed by atoms with E-state index < -0.39 is 16.0 Å². The van der Waals surface area contributed by atoms with Gasteiger partial charge in [0.15, 0.2) is 0 Å². The Kier molecular flexibility index (Phi) is 5.42. The highest BCUT2D eigenvalue weighted by molar-refractivity contribution is 5.58. The van der Waals surface area contributed by atoms with Gasteiger partial charge in [0.2, 0.25) is 0 Å². The number of hydrogen-bond acceptors (Lipinski definition) is 5. The first-order chi connectivity index (χ1) is 9.96. The van der Waals surface area contributed by atoms with Gasteiger partial charge < -0.3 is 0 Å². The number of hydrogen-bond donors (Lipinski definition) is 0. The lowest BCUT2D eigenvalue weighted by atomic mass is 9.89. The van der Waals surface area contributed by atoms with E-state index in [4.69, 9.17) is 4.29 Å². The molecule has 0 bridgehead atoms. The second kappa shape index (κ2) is 5.97. The Morgan fingerprint density at radius 2 is 1.13 bits per heavy atom. The van der Waals surface area contributed by atoms with Crippen LogP contribution in [0.2, 0.25) is 0 Å². The molecule has 0 radical (unpaired) electrons. The number of halogens is 1. The molecular formula is C17H32ClNO4. The number of nitrogens with zero attached hydrogens (tertiary/aromatic N) is 1. The minimum atomic E-state index is -4.55. The van der Waals surface area contributed by atoms with Crippen molar-refractivity contribution in [1.82, 2.24) is 4.90 Å². The molecule has 1 rings (SSSR count). The third kappa shape index (κ3) is 4.09. The van der Waals surface area contributed by atoms with Gasteiger partial charge in [-0.25, -0.2) is 4.90 Å². The van der Waals surface area contributed by atoms with Crippen LogP contribution in [0.5, 0.6) is 0 Å². The largest absolute Gasteiger partial charge is 0.323 e. The van der Waals surface area contributed by atoms with Crippen LogP contribution in [0.3, 0.4) is 0 Å². The van der Waals surface area contributed by atoms with Gasteiger partial charge in [0.05, 0.1) is 14.5 Å². The van der Waals surface area contributed by atoms with E-state index in [1.54, 1.807) is 0 Å². The van der Waals surface area contributed by atoms with Crippen molar-refractivity contribution in [2.24, 2.45) is 10.8 Å². The van der Waals surface area contributed by atoms with Gasteiger partial charge in [0, 0.05) is 23.2 Å². The van der Waals surface area contributed by atoms with Crippen molar-refractivity contribution in [3.63, 3.8) is 0 Å². The summed E-state index contributed by atoms with van der Waals surface area (Å²) in [5.41, 5.74) is -0.0601. The maximum absolute atomic E-state index is 11.5. The van der Waals surface area contributed by atoms with Gasteiger partial charge in [-0.1, -0.05) is 41.5 Å². The Bertz CT molecular complexity index is 446. The molecule has 1 aliphatic carbocycles. The summed E-state index contributed by atoms with van der Waals surface area (Å²) in [7, 11) is -4.55. The molecule has 0 aromatic carbocycles. The topological polar surface area (TPSA) is 81.7 Å². The molecule has 6 heteroatoms. The van der Waals surface area contributed by atoms with E-state index in [0.717, 1.165) is 11.1 Å². The van der Waals surface area contributed by atoms with Gasteiger partial charge in [-0.15, -0.1) is 0 Å². The second-order valence-electron chi connectivity index (χ2n) is 8.94. The summed E-state index contributed by atoms with van der Waals surface area (Å²) >= 11 is 0. The molecule has 0 heterocycles. The molecule has 0 fully saturated rings. The van der Waals surface area contributed by atoms with E-state index in [1.807, 2.05) is 74.1 Å². The highest BCUT2D eigenvalue weighted by Crippen LogP contribution is 2.64. The predicted octanol–water partition coefficient (Wildman–Crippen LogP) is 1.12. The van der Waals surface area contributed by atoms with Gasteiger partial charge in [0.1, 0.15) is 0 Å². The zero-order chi connectivity index (χ0) is 18.6. The quantitative estimate of drug-likeness (QED) is 0.548. The van der Waals surface area contributed by atoms with Crippen LogP contribution < -0.4 is 14.0 Å². The zero-order valence-corrected chi connectivity index (χ0v) is 16.9. The summed E-state index contributed by atoms with van der Waals surface area (Å²) < 4.78 is 39.8. The summed E-state index contributed by atoms with van der Waals surface area (Å²) in [4.78, 5) is 1.98. The van der Waals surface area contributed by atoms with Crippen LogP contribution in [0.4, 0.5) is 0 Å². The van der Waals surface area contributed by atoms with Gasteiger partial charge in [-0.3, -0.25) is 0 Å². The maximum atomic E-state index is 11.5. The van der Waals surface area contributed by atoms with E-state index in [9.17, 15) is 14.0 Å². The molecule has 0 spiro atoms. The molecule has 0 N–H and O–H groups in total. The van der Waals surface area contributed by atoms with Gasteiger partial charge in [0.25, 0.3) is 0 Å². The molecule has 1 aliphatic rings. The van der Waals surface area contributed by atoms with Crippen LogP contribution in [0.1, 0.15) is 69.2 Å². The lowest BCUT2D eigenvalue weighted by molar-refractivity contribution is -1.92. The fourth-order valence-corrected chi connectivity index (χ4v) is 4.36. The van der Waals surface area contributed by atoms with Crippen LogP contribution in [-0.2, 0) is 4.29 Å². The predicted molar refractivity (Wildman–Crippen MR) is 81.9 cm³/mol. The smallest absolute Gasteiger partial charge is 0.250 e. The SMILES string of the molecule is CC(C)N(C(C)C)C1(O[Cl+3]([O-])([O-])[O-])C(C(C)(C)C)=C1C(C)(C)C. The van der Waals surface area contributed by atoms with Crippen molar-refractivity contribution in [2.75, 3.05) is 0 Å². The van der Waals surface area contributed by atoms with E-state index in [2.05, 4.69) is 0 Å². The summed E-state index contributed by atoms with van der Waals surface area (Å²) in [5.74, 6) is 0.